The summed E-state index contributed by atoms with van der Waals surface area (Å²) in [7, 11) is 0. The van der Waals surface area contributed by atoms with Gasteiger partial charge >= 0.3 is 0 Å². The highest BCUT2D eigenvalue weighted by atomic mass is 16.5. The Morgan fingerprint density at radius 1 is 0.933 bits per heavy atom. The molecule has 7 heteroatoms. The van der Waals surface area contributed by atoms with Gasteiger partial charge in [0.15, 0.2) is 5.76 Å². The van der Waals surface area contributed by atoms with Gasteiger partial charge < -0.3 is 14.5 Å². The smallest absolute Gasteiger partial charge is 0.266 e. The van der Waals surface area contributed by atoms with Crippen molar-refractivity contribution in [1.29, 1.82) is 0 Å². The fraction of sp³-hybridized carbons (Fsp3) is 0.0870. The lowest BCUT2D eigenvalue weighted by Crippen LogP contribution is -2.31. The van der Waals surface area contributed by atoms with Gasteiger partial charge in [-0.3, -0.25) is 9.59 Å². The first-order chi connectivity index (χ1) is 14.7. The Bertz CT molecular complexity index is 1170. The minimum Gasteiger partial charge on any atom is -0.463 e. The molecule has 0 radical (unpaired) electrons. The number of furan rings is 1. The molecule has 0 unspecified atom stereocenters. The van der Waals surface area contributed by atoms with E-state index in [0.717, 1.165) is 5.75 Å². The topological polar surface area (TPSA) is 86.4 Å². The Morgan fingerprint density at radius 2 is 1.70 bits per heavy atom. The summed E-state index contributed by atoms with van der Waals surface area (Å²) >= 11 is 0. The van der Waals surface area contributed by atoms with Gasteiger partial charge in [0.2, 0.25) is 0 Å². The molecule has 0 aliphatic carbocycles. The zero-order valence-corrected chi connectivity index (χ0v) is 16.0. The minimum atomic E-state index is -0.248. The average Bonchev–Trinajstić information content (AvgIpc) is 3.31. The third-order valence-electron chi connectivity index (χ3n) is 4.34. The molecule has 4 rings (SSSR count). The van der Waals surface area contributed by atoms with Crippen LogP contribution in [0.2, 0.25) is 0 Å². The summed E-state index contributed by atoms with van der Waals surface area (Å²) < 4.78 is 12.3. The average molecular weight is 401 g/mol. The van der Waals surface area contributed by atoms with E-state index in [0.29, 0.717) is 22.8 Å². The molecule has 0 atom stereocenters. The lowest BCUT2D eigenvalue weighted by Gasteiger charge is -2.09. The zero-order valence-electron chi connectivity index (χ0n) is 16.0. The minimum absolute atomic E-state index is 0.239. The third kappa shape index (κ3) is 4.64. The molecule has 30 heavy (non-hydrogen) atoms. The summed E-state index contributed by atoms with van der Waals surface area (Å²) in [6.45, 7) is 0.504. The van der Waals surface area contributed by atoms with Gasteiger partial charge in [0.25, 0.3) is 11.5 Å². The molecule has 0 bridgehead atoms. The number of aromatic nitrogens is 2. The quantitative estimate of drug-likeness (QED) is 0.510. The van der Waals surface area contributed by atoms with Gasteiger partial charge in [0.05, 0.1) is 12.8 Å². The number of para-hydroxylation sites is 1. The first-order valence-electron chi connectivity index (χ1n) is 9.42. The Labute approximate surface area is 172 Å². The normalized spacial score (nSPS) is 10.5. The number of rotatable bonds is 7. The second kappa shape index (κ2) is 8.91. The van der Waals surface area contributed by atoms with Crippen molar-refractivity contribution in [3.05, 3.63) is 101 Å². The van der Waals surface area contributed by atoms with Gasteiger partial charge in [-0.05, 0) is 54.6 Å². The van der Waals surface area contributed by atoms with Crippen LogP contribution in [0.1, 0.15) is 10.4 Å². The Morgan fingerprint density at radius 3 is 2.43 bits per heavy atom. The molecule has 0 saturated carbocycles. The summed E-state index contributed by atoms with van der Waals surface area (Å²) in [5.74, 6) is 1.70. The first kappa shape index (κ1) is 19.2. The van der Waals surface area contributed by atoms with Crippen LogP contribution >= 0.6 is 0 Å². The molecule has 2 aromatic heterocycles. The van der Waals surface area contributed by atoms with Crippen LogP contribution in [0.4, 0.5) is 0 Å². The monoisotopic (exact) mass is 401 g/mol. The second-order valence-electron chi connectivity index (χ2n) is 6.45. The summed E-state index contributed by atoms with van der Waals surface area (Å²) in [6, 6.07) is 22.8. The summed E-state index contributed by atoms with van der Waals surface area (Å²) in [4.78, 5) is 24.4. The van der Waals surface area contributed by atoms with Crippen molar-refractivity contribution in [3.8, 4) is 23.0 Å². The SMILES string of the molecule is O=C(NCCn1nc(-c2ccco2)ccc1=O)c1ccc(Oc2ccccc2)cc1. The van der Waals surface area contributed by atoms with Crippen LogP contribution in [0.15, 0.2) is 94.3 Å². The molecule has 150 valence electrons. The van der Waals surface area contributed by atoms with E-state index >= 15 is 0 Å². The number of hydrogen-bond acceptors (Lipinski definition) is 5. The molecule has 7 nitrogen and oxygen atoms in total. The van der Waals surface area contributed by atoms with Crippen LogP contribution in [0.3, 0.4) is 0 Å². The number of nitrogens with one attached hydrogen (secondary N) is 1. The molecule has 1 amide bonds. The van der Waals surface area contributed by atoms with Crippen LogP contribution in [0.5, 0.6) is 11.5 Å². The van der Waals surface area contributed by atoms with Crippen molar-refractivity contribution >= 4 is 5.91 Å². The fourth-order valence-electron chi connectivity index (χ4n) is 2.84. The second-order valence-corrected chi connectivity index (χ2v) is 6.45. The number of hydrogen-bond donors (Lipinski definition) is 1. The maximum absolute atomic E-state index is 12.4. The van der Waals surface area contributed by atoms with Crippen molar-refractivity contribution in [2.75, 3.05) is 6.54 Å². The number of carbonyl (C=O) groups is 1. The molecule has 2 aromatic carbocycles. The largest absolute Gasteiger partial charge is 0.463 e. The molecule has 2 heterocycles. The van der Waals surface area contributed by atoms with Gasteiger partial charge in [0, 0.05) is 18.2 Å². The molecular formula is C23H19N3O4. The van der Waals surface area contributed by atoms with Crippen LogP contribution < -0.4 is 15.6 Å². The summed E-state index contributed by atoms with van der Waals surface area (Å²) in [5, 5.41) is 7.07. The van der Waals surface area contributed by atoms with E-state index in [1.54, 1.807) is 48.7 Å². The molecule has 0 aliphatic heterocycles. The van der Waals surface area contributed by atoms with Gasteiger partial charge in [-0.25, -0.2) is 4.68 Å². The molecular weight excluding hydrogens is 382 g/mol. The van der Waals surface area contributed by atoms with E-state index in [2.05, 4.69) is 10.4 Å². The molecule has 0 aliphatic rings. The van der Waals surface area contributed by atoms with Crippen LogP contribution in [0.25, 0.3) is 11.5 Å². The van der Waals surface area contributed by atoms with E-state index in [9.17, 15) is 9.59 Å². The lowest BCUT2D eigenvalue weighted by atomic mass is 10.2. The molecule has 0 spiro atoms. The predicted molar refractivity (Wildman–Crippen MR) is 111 cm³/mol. The number of carbonyl (C=O) groups excluding carboxylic acids is 1. The summed E-state index contributed by atoms with van der Waals surface area (Å²) in [5.41, 5.74) is 0.807. The zero-order chi connectivity index (χ0) is 20.8. The van der Waals surface area contributed by atoms with E-state index < -0.39 is 0 Å². The van der Waals surface area contributed by atoms with E-state index in [1.807, 2.05) is 30.3 Å². The maximum Gasteiger partial charge on any atom is 0.266 e. The fourth-order valence-corrected chi connectivity index (χ4v) is 2.84. The highest BCUT2D eigenvalue weighted by molar-refractivity contribution is 5.94. The third-order valence-corrected chi connectivity index (χ3v) is 4.34. The standard InChI is InChI=1S/C23H19N3O4/c27-22-13-12-20(21-7-4-16-29-21)25-26(22)15-14-24-23(28)17-8-10-19(11-9-17)30-18-5-2-1-3-6-18/h1-13,16H,14-15H2,(H,24,28). The van der Waals surface area contributed by atoms with Gasteiger partial charge in [0.1, 0.15) is 17.2 Å². The van der Waals surface area contributed by atoms with E-state index in [1.165, 1.54) is 10.7 Å². The molecule has 0 fully saturated rings. The highest BCUT2D eigenvalue weighted by Gasteiger charge is 2.08. The van der Waals surface area contributed by atoms with Crippen molar-refractivity contribution in [3.63, 3.8) is 0 Å². The predicted octanol–water partition coefficient (Wildman–Crippen LogP) is 3.73. The Kier molecular flexibility index (Phi) is 5.70. The van der Waals surface area contributed by atoms with Gasteiger partial charge in [-0.15, -0.1) is 0 Å². The van der Waals surface area contributed by atoms with Crippen molar-refractivity contribution in [2.24, 2.45) is 0 Å². The Hall–Kier alpha value is -4.13. The van der Waals surface area contributed by atoms with Crippen molar-refractivity contribution in [2.45, 2.75) is 6.54 Å². The van der Waals surface area contributed by atoms with Crippen LogP contribution in [0, 0.1) is 0 Å². The van der Waals surface area contributed by atoms with Crippen LogP contribution in [-0.4, -0.2) is 22.2 Å². The molecule has 4 aromatic rings. The highest BCUT2D eigenvalue weighted by Crippen LogP contribution is 2.21. The van der Waals surface area contributed by atoms with Crippen molar-refractivity contribution in [1.82, 2.24) is 15.1 Å². The number of nitrogens with zero attached hydrogens (tertiary/aromatic N) is 2. The van der Waals surface area contributed by atoms with Crippen molar-refractivity contribution < 1.29 is 13.9 Å². The lowest BCUT2D eigenvalue weighted by molar-refractivity contribution is 0.0951. The van der Waals surface area contributed by atoms with Gasteiger partial charge in [-0.1, -0.05) is 18.2 Å². The first-order valence-corrected chi connectivity index (χ1v) is 9.42. The van der Waals surface area contributed by atoms with Crippen LogP contribution in [-0.2, 0) is 6.54 Å². The van der Waals surface area contributed by atoms with Gasteiger partial charge in [-0.2, -0.15) is 5.10 Å². The maximum atomic E-state index is 12.4. The number of benzene rings is 2. The molecule has 1 N–H and O–H groups in total. The van der Waals surface area contributed by atoms with E-state index in [4.69, 9.17) is 9.15 Å². The molecule has 0 saturated heterocycles. The number of ether oxygens (including phenoxy) is 1. The van der Waals surface area contributed by atoms with E-state index in [-0.39, 0.29) is 24.6 Å². The number of amides is 1. The Balaban J connectivity index is 1.34. The summed E-state index contributed by atoms with van der Waals surface area (Å²) in [6.07, 6.45) is 1.54.